The Balaban J connectivity index is -0.000000218. The van der Waals surface area contributed by atoms with Crippen LogP contribution in [0.5, 0.6) is 0 Å². The average molecular weight is 194 g/mol. The lowest BCUT2D eigenvalue weighted by molar-refractivity contribution is 0.613. The summed E-state index contributed by atoms with van der Waals surface area (Å²) >= 11 is 0. The molecule has 0 radical (unpaired) electrons. The van der Waals surface area contributed by atoms with Crippen LogP contribution in [0.3, 0.4) is 0 Å². The molecule has 0 nitrogen and oxygen atoms in total. The highest BCUT2D eigenvalue weighted by Crippen LogP contribution is 2.14. The molecule has 13 heavy (non-hydrogen) atoms. The molecule has 0 N–H and O–H groups in total. The summed E-state index contributed by atoms with van der Waals surface area (Å²) in [7, 11) is 0.500. The van der Waals surface area contributed by atoms with E-state index < -0.39 is 11.7 Å². The standard InChI is InChI=1S/C7H8F2.C2H6.CH3F/c1-4-7(9)5(2)6(3)8;2*1-2/h4H,1,3H2,2H3;1-2H3;1H3/b7-5+;;. The molecule has 0 atom stereocenters. The Kier molecular flexibility index (Phi) is 18.7. The largest absolute Gasteiger partial charge is 0.255 e. The van der Waals surface area contributed by atoms with Crippen molar-refractivity contribution in [1.29, 1.82) is 0 Å². The second-order valence-corrected chi connectivity index (χ2v) is 1.58. The molecule has 0 spiro atoms. The quantitative estimate of drug-likeness (QED) is 0.567. The molecule has 0 aliphatic carbocycles. The second kappa shape index (κ2) is 13.6. The lowest BCUT2D eigenvalue weighted by Crippen LogP contribution is -1.77. The molecular formula is C10H17F3. The molecule has 0 amide bonds. The van der Waals surface area contributed by atoms with Gasteiger partial charge in [0.15, 0.2) is 0 Å². The second-order valence-electron chi connectivity index (χ2n) is 1.58. The smallest absolute Gasteiger partial charge is 0.128 e. The van der Waals surface area contributed by atoms with E-state index in [1.54, 1.807) is 0 Å². The highest BCUT2D eigenvalue weighted by atomic mass is 19.1. The lowest BCUT2D eigenvalue weighted by atomic mass is 10.2. The zero-order valence-corrected chi connectivity index (χ0v) is 8.63. The Labute approximate surface area is 78.5 Å². The van der Waals surface area contributed by atoms with Crippen molar-refractivity contribution >= 4 is 0 Å². The number of hydrogen-bond acceptors (Lipinski definition) is 0. The third-order valence-corrected chi connectivity index (χ3v) is 0.944. The van der Waals surface area contributed by atoms with E-state index in [0.717, 1.165) is 6.08 Å². The van der Waals surface area contributed by atoms with Gasteiger partial charge >= 0.3 is 0 Å². The zero-order chi connectivity index (χ0) is 11.4. The molecule has 0 unspecified atom stereocenters. The van der Waals surface area contributed by atoms with Crippen LogP contribution in [-0.4, -0.2) is 7.18 Å². The molecule has 78 valence electrons. The third kappa shape index (κ3) is 11.0. The highest BCUT2D eigenvalue weighted by Gasteiger charge is 1.98. The van der Waals surface area contributed by atoms with Crippen molar-refractivity contribution in [3.63, 3.8) is 0 Å². The summed E-state index contributed by atoms with van der Waals surface area (Å²) in [4.78, 5) is 0. The Hall–Kier alpha value is -0.990. The predicted octanol–water partition coefficient (Wildman–Crippen LogP) is 4.51. The molecular weight excluding hydrogens is 177 g/mol. The fourth-order valence-corrected chi connectivity index (χ4v) is 0.283. The van der Waals surface area contributed by atoms with Crippen molar-refractivity contribution in [1.82, 2.24) is 0 Å². The molecule has 0 saturated heterocycles. The summed E-state index contributed by atoms with van der Waals surface area (Å²) in [6.45, 7) is 11.3. The van der Waals surface area contributed by atoms with Gasteiger partial charge in [-0.05, 0) is 13.0 Å². The average Bonchev–Trinajstić information content (AvgIpc) is 2.21. The van der Waals surface area contributed by atoms with Gasteiger partial charge in [0.25, 0.3) is 0 Å². The van der Waals surface area contributed by atoms with Crippen LogP contribution >= 0.6 is 0 Å². The fraction of sp³-hybridized carbons (Fsp3) is 0.400. The van der Waals surface area contributed by atoms with E-state index in [2.05, 4.69) is 13.2 Å². The van der Waals surface area contributed by atoms with Crippen LogP contribution in [0.4, 0.5) is 13.2 Å². The number of halogens is 3. The first-order valence-electron chi connectivity index (χ1n) is 3.81. The monoisotopic (exact) mass is 194 g/mol. The van der Waals surface area contributed by atoms with Crippen LogP contribution in [0.2, 0.25) is 0 Å². The van der Waals surface area contributed by atoms with Gasteiger partial charge in [-0.3, -0.25) is 4.39 Å². The van der Waals surface area contributed by atoms with Crippen molar-refractivity contribution < 1.29 is 13.2 Å². The van der Waals surface area contributed by atoms with Gasteiger partial charge in [-0.2, -0.15) is 0 Å². The van der Waals surface area contributed by atoms with E-state index >= 15 is 0 Å². The van der Waals surface area contributed by atoms with Crippen LogP contribution in [0.1, 0.15) is 20.8 Å². The van der Waals surface area contributed by atoms with Crippen LogP contribution in [0, 0.1) is 0 Å². The maximum atomic E-state index is 12.2. The lowest BCUT2D eigenvalue weighted by Gasteiger charge is -1.93. The van der Waals surface area contributed by atoms with Crippen molar-refractivity contribution in [2.24, 2.45) is 0 Å². The molecule has 0 fully saturated rings. The fourth-order valence-electron chi connectivity index (χ4n) is 0.283. The third-order valence-electron chi connectivity index (χ3n) is 0.944. The van der Waals surface area contributed by atoms with Gasteiger partial charge in [0.05, 0.1) is 7.18 Å². The van der Waals surface area contributed by atoms with E-state index in [4.69, 9.17) is 0 Å². The Morgan fingerprint density at radius 1 is 1.15 bits per heavy atom. The highest BCUT2D eigenvalue weighted by molar-refractivity contribution is 5.28. The van der Waals surface area contributed by atoms with Crippen molar-refractivity contribution in [3.8, 4) is 0 Å². The summed E-state index contributed by atoms with van der Waals surface area (Å²) in [6.07, 6.45) is 0.945. The van der Waals surface area contributed by atoms with E-state index in [9.17, 15) is 13.2 Å². The van der Waals surface area contributed by atoms with Crippen molar-refractivity contribution in [2.45, 2.75) is 20.8 Å². The van der Waals surface area contributed by atoms with E-state index in [-0.39, 0.29) is 5.57 Å². The number of alkyl halides is 1. The van der Waals surface area contributed by atoms with Gasteiger partial charge in [0.2, 0.25) is 0 Å². The van der Waals surface area contributed by atoms with E-state index in [1.165, 1.54) is 6.92 Å². The summed E-state index contributed by atoms with van der Waals surface area (Å²) in [5.74, 6) is -1.42. The molecule has 0 rings (SSSR count). The van der Waals surface area contributed by atoms with Crippen LogP contribution < -0.4 is 0 Å². The molecule has 0 bridgehead atoms. The van der Waals surface area contributed by atoms with Gasteiger partial charge in [-0.15, -0.1) is 0 Å². The molecule has 0 heterocycles. The van der Waals surface area contributed by atoms with Gasteiger partial charge in [-0.1, -0.05) is 27.0 Å². The molecule has 0 aliphatic heterocycles. The van der Waals surface area contributed by atoms with Gasteiger partial charge < -0.3 is 0 Å². The van der Waals surface area contributed by atoms with Gasteiger partial charge in [0, 0.05) is 5.57 Å². The first-order chi connectivity index (χ1) is 6.09. The molecule has 0 saturated carbocycles. The minimum atomic E-state index is -0.757. The normalized spacial score (nSPS) is 9.46. The van der Waals surface area contributed by atoms with E-state index in [1.807, 2.05) is 13.8 Å². The molecule has 0 aliphatic rings. The number of rotatable bonds is 2. The van der Waals surface area contributed by atoms with Gasteiger partial charge in [0.1, 0.15) is 11.7 Å². The van der Waals surface area contributed by atoms with E-state index in [0.29, 0.717) is 7.18 Å². The Morgan fingerprint density at radius 2 is 1.46 bits per heavy atom. The van der Waals surface area contributed by atoms with Crippen LogP contribution in [0.25, 0.3) is 0 Å². The number of hydrogen-bond donors (Lipinski definition) is 0. The summed E-state index contributed by atoms with van der Waals surface area (Å²) in [6, 6.07) is 0. The topological polar surface area (TPSA) is 0 Å². The predicted molar refractivity (Wildman–Crippen MR) is 52.6 cm³/mol. The summed E-state index contributed by atoms with van der Waals surface area (Å²) in [5.41, 5.74) is -0.0926. The first-order valence-corrected chi connectivity index (χ1v) is 3.81. The minimum Gasteiger partial charge on any atom is -0.255 e. The maximum absolute atomic E-state index is 12.2. The molecule has 0 aromatic rings. The van der Waals surface area contributed by atoms with Crippen molar-refractivity contribution in [2.75, 3.05) is 7.18 Å². The van der Waals surface area contributed by atoms with Gasteiger partial charge in [-0.25, -0.2) is 8.78 Å². The maximum Gasteiger partial charge on any atom is 0.128 e. The van der Waals surface area contributed by atoms with Crippen LogP contribution in [-0.2, 0) is 0 Å². The zero-order valence-electron chi connectivity index (χ0n) is 8.63. The molecule has 0 aromatic carbocycles. The summed E-state index contributed by atoms with van der Waals surface area (Å²) < 4.78 is 33.7. The molecule has 3 heteroatoms. The van der Waals surface area contributed by atoms with Crippen molar-refractivity contribution in [3.05, 3.63) is 36.5 Å². The number of allylic oxidation sites excluding steroid dienone is 4. The van der Waals surface area contributed by atoms with Crippen LogP contribution in [0.15, 0.2) is 36.5 Å². The summed E-state index contributed by atoms with van der Waals surface area (Å²) in [5, 5.41) is 0. The molecule has 0 aromatic heterocycles. The SMILES string of the molecule is C=C/C(F)=C(/C)C(=C)F.CC.CF. The Morgan fingerprint density at radius 3 is 1.54 bits per heavy atom. The first kappa shape index (κ1) is 17.9. The minimum absolute atomic E-state index is 0.0926. The Bertz CT molecular complexity index is 169.